The number of benzene rings is 1. The van der Waals surface area contributed by atoms with Crippen LogP contribution in [0.3, 0.4) is 0 Å². The molecule has 4 rings (SSSR count). The molecule has 2 aromatic heterocycles. The number of nitrogens with one attached hydrogen (secondary N) is 2. The first-order valence-electron chi connectivity index (χ1n) is 10.9. The maximum Gasteiger partial charge on any atom is 0.221 e. The van der Waals surface area contributed by atoms with E-state index < -0.39 is 0 Å². The van der Waals surface area contributed by atoms with E-state index in [2.05, 4.69) is 57.9 Å². The molecule has 0 amide bonds. The monoisotopic (exact) mass is 418 g/mol. The van der Waals surface area contributed by atoms with Crippen molar-refractivity contribution in [3.8, 4) is 17.0 Å². The smallest absolute Gasteiger partial charge is 0.221 e. The summed E-state index contributed by atoms with van der Waals surface area (Å²) in [6.07, 6.45) is 6.26. The molecule has 1 fully saturated rings. The van der Waals surface area contributed by atoms with Gasteiger partial charge < -0.3 is 20.1 Å². The summed E-state index contributed by atoms with van der Waals surface area (Å²) >= 11 is 0. The molecule has 0 saturated carbocycles. The molecular weight excluding hydrogens is 388 g/mol. The lowest BCUT2D eigenvalue weighted by atomic mass is 10.1. The van der Waals surface area contributed by atoms with E-state index in [9.17, 15) is 0 Å². The summed E-state index contributed by atoms with van der Waals surface area (Å²) in [6, 6.07) is 16.8. The van der Waals surface area contributed by atoms with E-state index >= 15 is 0 Å². The molecule has 1 aliphatic rings. The second kappa shape index (κ2) is 10.4. The minimum absolute atomic E-state index is 0.252. The third-order valence-corrected chi connectivity index (χ3v) is 5.62. The van der Waals surface area contributed by atoms with Crippen LogP contribution in [-0.2, 0) is 11.3 Å². The maximum atomic E-state index is 5.66. The number of hydrogen-bond acceptors (Lipinski definition) is 6. The molecule has 2 atom stereocenters. The van der Waals surface area contributed by atoms with Gasteiger partial charge in [-0.05, 0) is 49.1 Å². The second-order valence-electron chi connectivity index (χ2n) is 7.86. The quantitative estimate of drug-likeness (QED) is 0.530. The van der Waals surface area contributed by atoms with Crippen molar-refractivity contribution in [1.82, 2.24) is 15.3 Å². The number of rotatable bonds is 9. The zero-order valence-corrected chi connectivity index (χ0v) is 18.2. The molecule has 0 aliphatic carbocycles. The van der Waals surface area contributed by atoms with Crippen LogP contribution in [0.2, 0.25) is 0 Å². The lowest BCUT2D eigenvalue weighted by Crippen LogP contribution is -2.18. The van der Waals surface area contributed by atoms with E-state index in [0.29, 0.717) is 12.4 Å². The lowest BCUT2D eigenvalue weighted by Gasteiger charge is -2.15. The first kappa shape index (κ1) is 21.3. The Hall–Kier alpha value is -2.96. The van der Waals surface area contributed by atoms with Gasteiger partial charge in [0.05, 0.1) is 13.2 Å². The molecule has 6 heteroatoms. The molecule has 162 valence electrons. The van der Waals surface area contributed by atoms with Gasteiger partial charge in [0.25, 0.3) is 0 Å². The van der Waals surface area contributed by atoms with Gasteiger partial charge in [-0.3, -0.25) is 0 Å². The average Bonchev–Trinajstić information content (AvgIpc) is 3.36. The van der Waals surface area contributed by atoms with E-state index in [1.54, 1.807) is 7.11 Å². The van der Waals surface area contributed by atoms with E-state index in [1.165, 1.54) is 5.56 Å². The van der Waals surface area contributed by atoms with Crippen molar-refractivity contribution in [2.75, 3.05) is 25.6 Å². The van der Waals surface area contributed by atoms with Gasteiger partial charge in [0.2, 0.25) is 5.88 Å². The fourth-order valence-corrected chi connectivity index (χ4v) is 3.77. The number of anilines is 1. The maximum absolute atomic E-state index is 5.66. The van der Waals surface area contributed by atoms with Crippen molar-refractivity contribution < 1.29 is 9.47 Å². The van der Waals surface area contributed by atoms with Gasteiger partial charge >= 0.3 is 0 Å². The Morgan fingerprint density at radius 3 is 2.71 bits per heavy atom. The zero-order valence-electron chi connectivity index (χ0n) is 18.2. The summed E-state index contributed by atoms with van der Waals surface area (Å²) in [7, 11) is 1.65. The molecule has 1 aliphatic heterocycles. The molecule has 0 radical (unpaired) electrons. The standard InChI is InChI=1S/C25H30N4O2/c1-18(20-7-4-3-5-8-20)26-14-19-13-23(25(30-2)29-15-19)21-10-11-24(27-16-21)28-17-22-9-6-12-31-22/h3-5,7-8,10-11,13,15-16,18,22,26H,6,9,12,14,17H2,1-2H3,(H,27,28). The normalized spacial score (nSPS) is 16.8. The summed E-state index contributed by atoms with van der Waals surface area (Å²) in [5.41, 5.74) is 4.27. The van der Waals surface area contributed by atoms with Crippen molar-refractivity contribution in [3.05, 3.63) is 72.1 Å². The van der Waals surface area contributed by atoms with Crippen LogP contribution in [0.15, 0.2) is 60.9 Å². The van der Waals surface area contributed by atoms with Gasteiger partial charge in [-0.15, -0.1) is 0 Å². The Morgan fingerprint density at radius 1 is 1.13 bits per heavy atom. The third kappa shape index (κ3) is 5.60. The highest BCUT2D eigenvalue weighted by atomic mass is 16.5. The number of hydrogen-bond donors (Lipinski definition) is 2. The van der Waals surface area contributed by atoms with Crippen molar-refractivity contribution >= 4 is 5.82 Å². The molecule has 3 aromatic rings. The fraction of sp³-hybridized carbons (Fsp3) is 0.360. The first-order valence-corrected chi connectivity index (χ1v) is 10.9. The van der Waals surface area contributed by atoms with Crippen molar-refractivity contribution in [1.29, 1.82) is 0 Å². The molecule has 0 spiro atoms. The minimum atomic E-state index is 0.252. The molecule has 0 bridgehead atoms. The van der Waals surface area contributed by atoms with Crippen LogP contribution in [0.5, 0.6) is 5.88 Å². The predicted octanol–water partition coefficient (Wildman–Crippen LogP) is 4.59. The van der Waals surface area contributed by atoms with Crippen LogP contribution in [0, 0.1) is 0 Å². The van der Waals surface area contributed by atoms with Gasteiger partial charge in [-0.25, -0.2) is 9.97 Å². The predicted molar refractivity (Wildman–Crippen MR) is 123 cm³/mol. The first-order chi connectivity index (χ1) is 15.2. The topological polar surface area (TPSA) is 68.3 Å². The Morgan fingerprint density at radius 2 is 2.00 bits per heavy atom. The molecule has 3 heterocycles. The Bertz CT molecular complexity index is 957. The number of aromatic nitrogens is 2. The van der Waals surface area contributed by atoms with E-state index in [0.717, 1.165) is 48.5 Å². The van der Waals surface area contributed by atoms with Crippen molar-refractivity contribution in [3.63, 3.8) is 0 Å². The van der Waals surface area contributed by atoms with Gasteiger partial charge in [-0.2, -0.15) is 0 Å². The summed E-state index contributed by atoms with van der Waals surface area (Å²) in [5, 5.41) is 6.93. The minimum Gasteiger partial charge on any atom is -0.481 e. The molecule has 1 aromatic carbocycles. The largest absolute Gasteiger partial charge is 0.481 e. The van der Waals surface area contributed by atoms with E-state index in [4.69, 9.17) is 9.47 Å². The van der Waals surface area contributed by atoms with Crippen LogP contribution in [0.4, 0.5) is 5.82 Å². The highest BCUT2D eigenvalue weighted by Crippen LogP contribution is 2.29. The zero-order chi connectivity index (χ0) is 21.5. The van der Waals surface area contributed by atoms with Gasteiger partial charge in [0.15, 0.2) is 0 Å². The summed E-state index contributed by atoms with van der Waals surface area (Å²) < 4.78 is 11.2. The lowest BCUT2D eigenvalue weighted by molar-refractivity contribution is 0.120. The van der Waals surface area contributed by atoms with Crippen LogP contribution < -0.4 is 15.4 Å². The molecule has 31 heavy (non-hydrogen) atoms. The molecule has 2 unspecified atom stereocenters. The number of pyridine rings is 2. The van der Waals surface area contributed by atoms with Gasteiger partial charge in [0, 0.05) is 49.3 Å². The average molecular weight is 419 g/mol. The molecular formula is C25H30N4O2. The number of nitrogens with zero attached hydrogens (tertiary/aromatic N) is 2. The van der Waals surface area contributed by atoms with Crippen LogP contribution >= 0.6 is 0 Å². The van der Waals surface area contributed by atoms with Crippen molar-refractivity contribution in [2.24, 2.45) is 0 Å². The van der Waals surface area contributed by atoms with Crippen LogP contribution in [-0.4, -0.2) is 36.3 Å². The molecule has 2 N–H and O–H groups in total. The van der Waals surface area contributed by atoms with Gasteiger partial charge in [-0.1, -0.05) is 30.3 Å². The summed E-state index contributed by atoms with van der Waals surface area (Å²) in [4.78, 5) is 9.08. The van der Waals surface area contributed by atoms with Crippen LogP contribution in [0.1, 0.15) is 36.9 Å². The summed E-state index contributed by atoms with van der Waals surface area (Å²) in [6.45, 7) is 4.53. The van der Waals surface area contributed by atoms with Crippen LogP contribution in [0.25, 0.3) is 11.1 Å². The molecule has 1 saturated heterocycles. The van der Waals surface area contributed by atoms with Crippen molar-refractivity contribution in [2.45, 2.75) is 38.5 Å². The van der Waals surface area contributed by atoms with E-state index in [-0.39, 0.29) is 12.1 Å². The number of methoxy groups -OCH3 is 1. The second-order valence-corrected chi connectivity index (χ2v) is 7.86. The Kier molecular flexibility index (Phi) is 7.12. The highest BCUT2D eigenvalue weighted by molar-refractivity contribution is 5.69. The highest BCUT2D eigenvalue weighted by Gasteiger charge is 2.15. The SMILES string of the molecule is COc1ncc(CNC(C)c2ccccc2)cc1-c1ccc(NCC2CCCO2)nc1. The van der Waals surface area contributed by atoms with E-state index in [1.807, 2.05) is 30.6 Å². The third-order valence-electron chi connectivity index (χ3n) is 5.62. The summed E-state index contributed by atoms with van der Waals surface area (Å²) in [5.74, 6) is 1.45. The Balaban J connectivity index is 1.43. The fourth-order valence-electron chi connectivity index (χ4n) is 3.77. The molecule has 6 nitrogen and oxygen atoms in total. The van der Waals surface area contributed by atoms with Gasteiger partial charge in [0.1, 0.15) is 5.82 Å². The Labute approximate surface area is 184 Å². The number of ether oxygens (including phenoxy) is 2.